The Balaban J connectivity index is 2.31. The molecule has 2 rings (SSSR count). The van der Waals surface area contributed by atoms with Crippen molar-refractivity contribution < 1.29 is 9.13 Å². The molecule has 0 spiro atoms. The van der Waals surface area contributed by atoms with E-state index in [0.29, 0.717) is 29.0 Å². The van der Waals surface area contributed by atoms with Gasteiger partial charge in [0.05, 0.1) is 24.0 Å². The maximum atomic E-state index is 13.7. The zero-order valence-electron chi connectivity index (χ0n) is 11.1. The van der Waals surface area contributed by atoms with Gasteiger partial charge in [0, 0.05) is 12.6 Å². The van der Waals surface area contributed by atoms with Crippen molar-refractivity contribution in [2.45, 2.75) is 6.92 Å². The summed E-state index contributed by atoms with van der Waals surface area (Å²) in [6.07, 6.45) is 1.10. The van der Waals surface area contributed by atoms with Crippen LogP contribution in [0.15, 0.2) is 24.4 Å². The smallest absolute Gasteiger partial charge is 0.224 e. The highest BCUT2D eigenvalue weighted by atomic mass is 35.5. The van der Waals surface area contributed by atoms with Crippen molar-refractivity contribution >= 4 is 29.1 Å². The van der Waals surface area contributed by atoms with Gasteiger partial charge in [0.1, 0.15) is 5.75 Å². The Bertz CT molecular complexity index is 609. The number of rotatable bonds is 5. The number of halogens is 2. The Labute approximate surface area is 121 Å². The lowest BCUT2D eigenvalue weighted by molar-refractivity contribution is 0.415. The predicted molar refractivity (Wildman–Crippen MR) is 77.4 cm³/mol. The molecule has 106 valence electrons. The monoisotopic (exact) mass is 296 g/mol. The van der Waals surface area contributed by atoms with Crippen LogP contribution in [0.2, 0.25) is 5.02 Å². The first-order valence-corrected chi connectivity index (χ1v) is 6.38. The molecule has 0 radical (unpaired) electrons. The average molecular weight is 297 g/mol. The summed E-state index contributed by atoms with van der Waals surface area (Å²) < 4.78 is 18.8. The molecule has 0 saturated heterocycles. The Kier molecular flexibility index (Phi) is 4.57. The molecule has 0 atom stereocenters. The van der Waals surface area contributed by atoms with Crippen molar-refractivity contribution in [2.75, 3.05) is 24.3 Å². The van der Waals surface area contributed by atoms with Gasteiger partial charge in [0.2, 0.25) is 5.95 Å². The fourth-order valence-corrected chi connectivity index (χ4v) is 1.72. The second kappa shape index (κ2) is 6.38. The van der Waals surface area contributed by atoms with Gasteiger partial charge in [-0.05, 0) is 19.1 Å². The normalized spacial score (nSPS) is 10.2. The first-order chi connectivity index (χ1) is 9.63. The number of methoxy groups -OCH3 is 1. The molecule has 0 fully saturated rings. The van der Waals surface area contributed by atoms with Crippen molar-refractivity contribution in [1.82, 2.24) is 9.97 Å². The summed E-state index contributed by atoms with van der Waals surface area (Å²) in [5.41, 5.74) is 0.506. The maximum Gasteiger partial charge on any atom is 0.224 e. The third-order valence-electron chi connectivity index (χ3n) is 2.51. The molecule has 1 heterocycles. The van der Waals surface area contributed by atoms with E-state index >= 15 is 0 Å². The minimum atomic E-state index is -0.564. The van der Waals surface area contributed by atoms with Crippen LogP contribution in [-0.2, 0) is 0 Å². The van der Waals surface area contributed by atoms with Crippen LogP contribution in [0, 0.1) is 5.82 Å². The lowest BCUT2D eigenvalue weighted by atomic mass is 10.3. The van der Waals surface area contributed by atoms with Crippen LogP contribution in [0.25, 0.3) is 0 Å². The summed E-state index contributed by atoms with van der Waals surface area (Å²) >= 11 is 6.06. The van der Waals surface area contributed by atoms with Crippen LogP contribution in [0.3, 0.4) is 0 Å². The first-order valence-electron chi connectivity index (χ1n) is 6.01. The van der Waals surface area contributed by atoms with Crippen LogP contribution < -0.4 is 15.4 Å². The predicted octanol–water partition coefficient (Wildman–Crippen LogP) is 3.45. The number of benzene rings is 1. The lowest BCUT2D eigenvalue weighted by Crippen LogP contribution is -2.06. The van der Waals surface area contributed by atoms with Crippen molar-refractivity contribution in [3.8, 4) is 5.75 Å². The van der Waals surface area contributed by atoms with Crippen LogP contribution in [-0.4, -0.2) is 23.6 Å². The van der Waals surface area contributed by atoms with Crippen LogP contribution >= 0.6 is 11.6 Å². The highest BCUT2D eigenvalue weighted by molar-refractivity contribution is 6.33. The van der Waals surface area contributed by atoms with Gasteiger partial charge in [0.25, 0.3) is 0 Å². The minimum absolute atomic E-state index is 0.0473. The van der Waals surface area contributed by atoms with E-state index in [4.69, 9.17) is 16.3 Å². The molecule has 0 aliphatic rings. The Morgan fingerprint density at radius 1 is 1.40 bits per heavy atom. The summed E-state index contributed by atoms with van der Waals surface area (Å²) in [6.45, 7) is 2.55. The van der Waals surface area contributed by atoms with Crippen LogP contribution in [0.1, 0.15) is 6.92 Å². The van der Waals surface area contributed by atoms with Gasteiger partial charge < -0.3 is 15.4 Å². The molecule has 0 saturated carbocycles. The summed E-state index contributed by atoms with van der Waals surface area (Å²) in [6, 6.07) is 5.04. The molecule has 0 unspecified atom stereocenters. The Morgan fingerprint density at radius 2 is 2.20 bits per heavy atom. The number of nitrogens with zero attached hydrogens (tertiary/aromatic N) is 2. The van der Waals surface area contributed by atoms with Crippen molar-refractivity contribution in [1.29, 1.82) is 0 Å². The zero-order chi connectivity index (χ0) is 14.5. The lowest BCUT2D eigenvalue weighted by Gasteiger charge is -2.11. The molecule has 2 N–H and O–H groups in total. The first kappa shape index (κ1) is 14.3. The van der Waals surface area contributed by atoms with E-state index in [1.807, 2.05) is 6.92 Å². The van der Waals surface area contributed by atoms with Gasteiger partial charge in [-0.3, -0.25) is 0 Å². The van der Waals surface area contributed by atoms with Crippen molar-refractivity contribution in [3.05, 3.63) is 35.2 Å². The fraction of sp³-hybridized carbons (Fsp3) is 0.231. The topological polar surface area (TPSA) is 59.1 Å². The molecule has 0 aliphatic heterocycles. The molecule has 2 aromatic rings. The summed E-state index contributed by atoms with van der Waals surface area (Å²) in [4.78, 5) is 7.88. The fourth-order valence-electron chi connectivity index (χ4n) is 1.55. The van der Waals surface area contributed by atoms with Gasteiger partial charge in [-0.15, -0.1) is 0 Å². The highest BCUT2D eigenvalue weighted by Gasteiger charge is 2.10. The second-order valence-corrected chi connectivity index (χ2v) is 4.30. The molecule has 1 aromatic heterocycles. The van der Waals surface area contributed by atoms with Gasteiger partial charge >= 0.3 is 0 Å². The van der Waals surface area contributed by atoms with E-state index in [9.17, 15) is 4.39 Å². The summed E-state index contributed by atoms with van der Waals surface area (Å²) in [5.74, 6) is 0.435. The van der Waals surface area contributed by atoms with Gasteiger partial charge in [-0.1, -0.05) is 11.6 Å². The molecule has 0 aliphatic carbocycles. The number of hydrogen-bond acceptors (Lipinski definition) is 5. The Hall–Kier alpha value is -2.08. The number of aromatic nitrogens is 2. The minimum Gasteiger partial charge on any atom is -0.497 e. The van der Waals surface area contributed by atoms with E-state index in [2.05, 4.69) is 20.6 Å². The maximum absolute atomic E-state index is 13.7. The molecule has 7 heteroatoms. The number of anilines is 3. The van der Waals surface area contributed by atoms with E-state index in [0.717, 1.165) is 6.20 Å². The largest absolute Gasteiger partial charge is 0.497 e. The van der Waals surface area contributed by atoms with Crippen LogP contribution in [0.5, 0.6) is 5.75 Å². The van der Waals surface area contributed by atoms with E-state index in [1.165, 1.54) is 0 Å². The van der Waals surface area contributed by atoms with Gasteiger partial charge in [0.15, 0.2) is 11.6 Å². The standard InChI is InChI=1S/C13H14ClFN4O/c1-3-16-13-17-7-10(15)12(19-13)18-11-6-8(20-2)4-5-9(11)14/h4-7H,3H2,1-2H3,(H2,16,17,18,19). The number of nitrogens with one attached hydrogen (secondary N) is 2. The van der Waals surface area contributed by atoms with Crippen molar-refractivity contribution in [3.63, 3.8) is 0 Å². The molecule has 0 bridgehead atoms. The summed E-state index contributed by atoms with van der Waals surface area (Å²) in [5, 5.41) is 6.19. The molecular weight excluding hydrogens is 283 g/mol. The molecule has 1 aromatic carbocycles. The van der Waals surface area contributed by atoms with E-state index in [-0.39, 0.29) is 5.82 Å². The number of hydrogen-bond donors (Lipinski definition) is 2. The van der Waals surface area contributed by atoms with E-state index in [1.54, 1.807) is 25.3 Å². The van der Waals surface area contributed by atoms with Gasteiger partial charge in [-0.25, -0.2) is 9.37 Å². The molecule has 0 amide bonds. The third-order valence-corrected chi connectivity index (χ3v) is 2.84. The second-order valence-electron chi connectivity index (χ2n) is 3.89. The van der Waals surface area contributed by atoms with Crippen LogP contribution in [0.4, 0.5) is 21.8 Å². The molecular formula is C13H14ClFN4O. The van der Waals surface area contributed by atoms with Crippen molar-refractivity contribution in [2.24, 2.45) is 0 Å². The Morgan fingerprint density at radius 3 is 2.90 bits per heavy atom. The van der Waals surface area contributed by atoms with E-state index < -0.39 is 5.82 Å². The molecule has 5 nitrogen and oxygen atoms in total. The zero-order valence-corrected chi connectivity index (χ0v) is 11.8. The third kappa shape index (κ3) is 3.27. The molecule has 20 heavy (non-hydrogen) atoms. The van der Waals surface area contributed by atoms with Gasteiger partial charge in [-0.2, -0.15) is 4.98 Å². The quantitative estimate of drug-likeness (QED) is 0.885. The SMILES string of the molecule is CCNc1ncc(F)c(Nc2cc(OC)ccc2Cl)n1. The summed E-state index contributed by atoms with van der Waals surface area (Å²) in [7, 11) is 1.54. The highest BCUT2D eigenvalue weighted by Crippen LogP contribution is 2.29. The average Bonchev–Trinajstić information content (AvgIpc) is 2.45. The number of ether oxygens (including phenoxy) is 1.